The molecular formula is C10H13ClN4O2. The van der Waals surface area contributed by atoms with Gasteiger partial charge in [-0.05, 0) is 0 Å². The summed E-state index contributed by atoms with van der Waals surface area (Å²) in [4.78, 5) is 26.2. The molecule has 1 N–H and O–H groups in total. The quantitative estimate of drug-likeness (QED) is 0.773. The zero-order chi connectivity index (χ0) is 12.4. The van der Waals surface area contributed by atoms with Crippen LogP contribution in [0.3, 0.4) is 0 Å². The lowest BCUT2D eigenvalue weighted by Crippen LogP contribution is -2.48. The van der Waals surface area contributed by atoms with E-state index in [9.17, 15) is 9.59 Å². The summed E-state index contributed by atoms with van der Waals surface area (Å²) in [5, 5.41) is 6.16. The maximum Gasteiger partial charge on any atom is 0.285 e. The van der Waals surface area contributed by atoms with E-state index in [1.165, 1.54) is 6.20 Å². The first-order valence-corrected chi connectivity index (χ1v) is 5.71. The summed E-state index contributed by atoms with van der Waals surface area (Å²) in [6, 6.07) is 0. The van der Waals surface area contributed by atoms with Gasteiger partial charge >= 0.3 is 0 Å². The van der Waals surface area contributed by atoms with Crippen LogP contribution in [-0.2, 0) is 4.79 Å². The Balaban J connectivity index is 2.13. The third-order valence-corrected chi connectivity index (χ3v) is 3.21. The van der Waals surface area contributed by atoms with Crippen molar-refractivity contribution < 1.29 is 4.79 Å². The number of amides is 1. The van der Waals surface area contributed by atoms with Gasteiger partial charge in [0.15, 0.2) is 0 Å². The number of hydrogen-bond donors (Lipinski definition) is 1. The van der Waals surface area contributed by atoms with Gasteiger partial charge in [-0.2, -0.15) is 5.10 Å². The van der Waals surface area contributed by atoms with Gasteiger partial charge in [0, 0.05) is 33.1 Å². The van der Waals surface area contributed by atoms with E-state index in [1.807, 2.05) is 4.90 Å². The molecule has 0 bridgehead atoms. The van der Waals surface area contributed by atoms with Crippen molar-refractivity contribution in [1.29, 1.82) is 0 Å². The van der Waals surface area contributed by atoms with E-state index in [-0.39, 0.29) is 10.9 Å². The van der Waals surface area contributed by atoms with Crippen LogP contribution in [0.2, 0.25) is 5.02 Å². The standard InChI is InChI=1S/C10H13ClN4O2/c1-7(16)14-2-4-15(5-3-14)8-6-12-13-10(17)9(8)11/h6H,2-5H2,1H3,(H,13,17). The first-order chi connectivity index (χ1) is 8.09. The summed E-state index contributed by atoms with van der Waals surface area (Å²) in [6.45, 7) is 4.14. The predicted molar refractivity (Wildman–Crippen MR) is 64.3 cm³/mol. The van der Waals surface area contributed by atoms with Gasteiger partial charge in [0.25, 0.3) is 5.56 Å². The molecule has 0 radical (unpaired) electrons. The van der Waals surface area contributed by atoms with E-state index in [4.69, 9.17) is 11.6 Å². The Morgan fingerprint density at radius 2 is 2.06 bits per heavy atom. The Bertz CT molecular complexity index is 479. The van der Waals surface area contributed by atoms with E-state index >= 15 is 0 Å². The van der Waals surface area contributed by atoms with Gasteiger partial charge in [-0.15, -0.1) is 0 Å². The van der Waals surface area contributed by atoms with Gasteiger partial charge in [-0.3, -0.25) is 9.59 Å². The molecule has 2 heterocycles. The van der Waals surface area contributed by atoms with Crippen molar-refractivity contribution in [1.82, 2.24) is 15.1 Å². The highest BCUT2D eigenvalue weighted by Gasteiger charge is 2.21. The van der Waals surface area contributed by atoms with Crippen LogP contribution in [-0.4, -0.2) is 47.2 Å². The summed E-state index contributed by atoms with van der Waals surface area (Å²) < 4.78 is 0. The number of rotatable bonds is 1. The molecule has 0 spiro atoms. The molecular weight excluding hydrogens is 244 g/mol. The van der Waals surface area contributed by atoms with E-state index in [2.05, 4.69) is 10.2 Å². The molecule has 17 heavy (non-hydrogen) atoms. The molecule has 0 unspecified atom stereocenters. The van der Waals surface area contributed by atoms with Crippen LogP contribution in [0.1, 0.15) is 6.92 Å². The highest BCUT2D eigenvalue weighted by molar-refractivity contribution is 6.33. The second-order valence-corrected chi connectivity index (χ2v) is 4.27. The van der Waals surface area contributed by atoms with Gasteiger partial charge in [0.2, 0.25) is 5.91 Å². The number of carbonyl (C=O) groups is 1. The topological polar surface area (TPSA) is 69.3 Å². The summed E-state index contributed by atoms with van der Waals surface area (Å²) in [6.07, 6.45) is 1.53. The van der Waals surface area contributed by atoms with Gasteiger partial charge in [0.05, 0.1) is 11.9 Å². The number of aromatic amines is 1. The fourth-order valence-electron chi connectivity index (χ4n) is 1.86. The number of halogens is 1. The molecule has 0 aromatic carbocycles. The van der Waals surface area contributed by atoms with Crippen molar-refractivity contribution in [2.45, 2.75) is 6.92 Å². The first kappa shape index (κ1) is 11.9. The van der Waals surface area contributed by atoms with Crippen molar-refractivity contribution in [2.24, 2.45) is 0 Å². The van der Waals surface area contributed by atoms with E-state index in [1.54, 1.807) is 11.8 Å². The van der Waals surface area contributed by atoms with Crippen LogP contribution < -0.4 is 10.5 Å². The molecule has 0 aliphatic carbocycles. The number of H-pyrrole nitrogens is 1. The minimum atomic E-state index is -0.391. The SMILES string of the molecule is CC(=O)N1CCN(c2cn[nH]c(=O)c2Cl)CC1. The molecule has 2 rings (SSSR count). The molecule has 6 nitrogen and oxygen atoms in total. The molecule has 1 aliphatic heterocycles. The highest BCUT2D eigenvalue weighted by atomic mass is 35.5. The van der Waals surface area contributed by atoms with Crippen LogP contribution in [0.4, 0.5) is 5.69 Å². The van der Waals surface area contributed by atoms with Crippen molar-refractivity contribution in [3.63, 3.8) is 0 Å². The lowest BCUT2D eigenvalue weighted by molar-refractivity contribution is -0.129. The Kier molecular flexibility index (Phi) is 3.33. The minimum absolute atomic E-state index is 0.0692. The third kappa shape index (κ3) is 2.41. The Hall–Kier alpha value is -1.56. The smallest absolute Gasteiger partial charge is 0.285 e. The fraction of sp³-hybridized carbons (Fsp3) is 0.500. The van der Waals surface area contributed by atoms with Gasteiger partial charge in [-0.1, -0.05) is 11.6 Å². The minimum Gasteiger partial charge on any atom is -0.365 e. The van der Waals surface area contributed by atoms with Gasteiger partial charge in [0.1, 0.15) is 5.02 Å². The number of hydrogen-bond acceptors (Lipinski definition) is 4. The molecule has 1 saturated heterocycles. The molecule has 0 saturated carbocycles. The zero-order valence-electron chi connectivity index (χ0n) is 9.44. The molecule has 0 atom stereocenters. The average molecular weight is 257 g/mol. The summed E-state index contributed by atoms with van der Waals surface area (Å²) in [5.74, 6) is 0.0692. The van der Waals surface area contributed by atoms with Crippen LogP contribution in [0, 0.1) is 0 Å². The van der Waals surface area contributed by atoms with Gasteiger partial charge in [-0.25, -0.2) is 5.10 Å². The first-order valence-electron chi connectivity index (χ1n) is 5.33. The van der Waals surface area contributed by atoms with Gasteiger partial charge < -0.3 is 9.80 Å². The van der Waals surface area contributed by atoms with E-state index in [0.717, 1.165) is 0 Å². The maximum absolute atomic E-state index is 11.3. The monoisotopic (exact) mass is 256 g/mol. The van der Waals surface area contributed by atoms with Crippen molar-refractivity contribution in [3.8, 4) is 0 Å². The van der Waals surface area contributed by atoms with E-state index < -0.39 is 5.56 Å². The normalized spacial score (nSPS) is 16.1. The number of nitrogens with zero attached hydrogens (tertiary/aromatic N) is 3. The summed E-state index contributed by atoms with van der Waals surface area (Å²) in [5.41, 5.74) is 0.233. The van der Waals surface area contributed by atoms with Crippen molar-refractivity contribution in [3.05, 3.63) is 21.6 Å². The molecule has 1 amide bonds. The molecule has 1 aromatic heterocycles. The second-order valence-electron chi connectivity index (χ2n) is 3.89. The Morgan fingerprint density at radius 1 is 1.41 bits per heavy atom. The lowest BCUT2D eigenvalue weighted by atomic mass is 10.3. The number of aromatic nitrogens is 2. The zero-order valence-corrected chi connectivity index (χ0v) is 10.2. The predicted octanol–water partition coefficient (Wildman–Crippen LogP) is 0.0918. The summed E-state index contributed by atoms with van der Waals surface area (Å²) in [7, 11) is 0. The fourth-order valence-corrected chi connectivity index (χ4v) is 2.07. The van der Waals surface area contributed by atoms with Crippen LogP contribution in [0.25, 0.3) is 0 Å². The number of nitrogens with one attached hydrogen (secondary N) is 1. The summed E-state index contributed by atoms with van der Waals surface area (Å²) >= 11 is 5.92. The van der Waals surface area contributed by atoms with E-state index in [0.29, 0.717) is 31.9 Å². The third-order valence-electron chi connectivity index (χ3n) is 2.84. The van der Waals surface area contributed by atoms with Crippen molar-refractivity contribution in [2.75, 3.05) is 31.1 Å². The van der Waals surface area contributed by atoms with Crippen LogP contribution in [0.5, 0.6) is 0 Å². The second kappa shape index (κ2) is 4.75. The van der Waals surface area contributed by atoms with Crippen molar-refractivity contribution >= 4 is 23.2 Å². The van der Waals surface area contributed by atoms with Crippen LogP contribution >= 0.6 is 11.6 Å². The molecule has 1 aliphatic rings. The molecule has 1 fully saturated rings. The maximum atomic E-state index is 11.3. The lowest BCUT2D eigenvalue weighted by Gasteiger charge is -2.35. The molecule has 92 valence electrons. The molecule has 7 heteroatoms. The van der Waals surface area contributed by atoms with Crippen LogP contribution in [0.15, 0.2) is 11.0 Å². The average Bonchev–Trinajstić information content (AvgIpc) is 2.33. The Morgan fingerprint density at radius 3 is 2.65 bits per heavy atom. The number of piperazine rings is 1. The number of anilines is 1. The Labute approximate surface area is 103 Å². The number of carbonyl (C=O) groups excluding carboxylic acids is 1. The molecule has 1 aromatic rings. The largest absolute Gasteiger partial charge is 0.365 e. The highest BCUT2D eigenvalue weighted by Crippen LogP contribution is 2.21.